The number of hydrogen-bond acceptors (Lipinski definition) is 6. The zero-order valence-electron chi connectivity index (χ0n) is 15.9. The van der Waals surface area contributed by atoms with Crippen LogP contribution in [0.15, 0.2) is 18.6 Å². The number of aromatic nitrogens is 4. The van der Waals surface area contributed by atoms with Gasteiger partial charge in [-0.15, -0.1) is 0 Å². The van der Waals surface area contributed by atoms with Crippen LogP contribution in [0, 0.1) is 5.41 Å². The molecule has 0 radical (unpaired) electrons. The molecule has 2 aromatic rings. The van der Waals surface area contributed by atoms with Crippen molar-refractivity contribution < 1.29 is 18.7 Å². The highest BCUT2D eigenvalue weighted by atomic mass is 19.3. The van der Waals surface area contributed by atoms with Crippen LogP contribution in [0.1, 0.15) is 32.9 Å². The van der Waals surface area contributed by atoms with Gasteiger partial charge in [-0.25, -0.2) is 28.2 Å². The van der Waals surface area contributed by atoms with Gasteiger partial charge in [0.05, 0.1) is 30.3 Å². The zero-order valence-corrected chi connectivity index (χ0v) is 15.9. The molecule has 1 atom stereocenters. The molecule has 3 N–H and O–H groups in total. The topological polar surface area (TPSA) is 113 Å². The van der Waals surface area contributed by atoms with E-state index in [1.54, 1.807) is 0 Å². The summed E-state index contributed by atoms with van der Waals surface area (Å²) >= 11 is 0. The van der Waals surface area contributed by atoms with Gasteiger partial charge >= 0.3 is 6.09 Å². The molecule has 0 spiro atoms. The Kier molecular flexibility index (Phi) is 5.09. The number of halogens is 2. The third kappa shape index (κ3) is 3.82. The van der Waals surface area contributed by atoms with E-state index in [-0.39, 0.29) is 17.1 Å². The number of hydrogen-bond donors (Lipinski definition) is 2. The van der Waals surface area contributed by atoms with Crippen LogP contribution in [0.25, 0.3) is 5.69 Å². The van der Waals surface area contributed by atoms with Gasteiger partial charge < -0.3 is 20.6 Å². The molecule has 0 bridgehead atoms. The molecule has 1 amide bonds. The quantitative estimate of drug-likeness (QED) is 0.820. The Morgan fingerprint density at radius 3 is 2.43 bits per heavy atom. The highest BCUT2D eigenvalue weighted by Gasteiger charge is 2.38. The number of nitrogens with zero attached hydrogens (tertiary/aromatic N) is 6. The number of rotatable bonds is 3. The number of nitrogens with two attached hydrogens (primary N) is 1. The van der Waals surface area contributed by atoms with E-state index < -0.39 is 18.2 Å². The Morgan fingerprint density at radius 2 is 1.93 bits per heavy atom. The summed E-state index contributed by atoms with van der Waals surface area (Å²) in [5, 5.41) is 13.1. The lowest BCUT2D eigenvalue weighted by atomic mass is 9.84. The average Bonchev–Trinajstić information content (AvgIpc) is 3.02. The fraction of sp³-hybridized carbons (Fsp3) is 0.529. The number of carbonyl (C=O) groups is 1. The Labute approximate surface area is 160 Å². The first kappa shape index (κ1) is 19.8. The molecule has 0 aliphatic carbocycles. The molecular formula is C17H23F2N7O2. The van der Waals surface area contributed by atoms with E-state index in [1.165, 1.54) is 28.2 Å². The van der Waals surface area contributed by atoms with E-state index in [0.29, 0.717) is 31.3 Å². The third-order valence-electron chi connectivity index (χ3n) is 4.78. The van der Waals surface area contributed by atoms with E-state index in [0.717, 1.165) is 0 Å². The first-order chi connectivity index (χ1) is 13.1. The standard InChI is InChI=1S/C17H23F2N7O2/c1-17(2,3)12-9-24(16(27)28)4-5-25(12)15-21-6-10(7-22-15)26-8-11(20)13(23-26)14(18)19/h6-8,12,14H,4-5,9,20H2,1-3H3,(H,27,28). The summed E-state index contributed by atoms with van der Waals surface area (Å²) in [6.45, 7) is 7.24. The maximum atomic E-state index is 12.9. The van der Waals surface area contributed by atoms with Crippen molar-refractivity contribution in [1.29, 1.82) is 0 Å². The van der Waals surface area contributed by atoms with Gasteiger partial charge in [0, 0.05) is 19.6 Å². The molecule has 1 fully saturated rings. The van der Waals surface area contributed by atoms with E-state index in [4.69, 9.17) is 5.73 Å². The molecule has 9 nitrogen and oxygen atoms in total. The van der Waals surface area contributed by atoms with Gasteiger partial charge in [0.15, 0.2) is 5.69 Å². The van der Waals surface area contributed by atoms with Crippen molar-refractivity contribution in [3.05, 3.63) is 24.3 Å². The molecule has 0 saturated carbocycles. The predicted octanol–water partition coefficient (Wildman–Crippen LogP) is 2.40. The minimum absolute atomic E-state index is 0.100. The lowest BCUT2D eigenvalue weighted by Crippen LogP contribution is -2.59. The Morgan fingerprint density at radius 1 is 1.29 bits per heavy atom. The fourth-order valence-electron chi connectivity index (χ4n) is 3.22. The second-order valence-electron chi connectivity index (χ2n) is 7.76. The monoisotopic (exact) mass is 395 g/mol. The average molecular weight is 395 g/mol. The largest absolute Gasteiger partial charge is 0.465 e. The van der Waals surface area contributed by atoms with Gasteiger partial charge in [0.1, 0.15) is 5.69 Å². The summed E-state index contributed by atoms with van der Waals surface area (Å²) in [7, 11) is 0. The van der Waals surface area contributed by atoms with Crippen molar-refractivity contribution in [2.24, 2.45) is 5.41 Å². The number of alkyl halides is 2. The first-order valence-electron chi connectivity index (χ1n) is 8.78. The minimum atomic E-state index is -2.76. The first-order valence-corrected chi connectivity index (χ1v) is 8.78. The number of amides is 1. The molecule has 1 aliphatic rings. The number of carboxylic acid groups (broad SMARTS) is 1. The maximum Gasteiger partial charge on any atom is 0.407 e. The SMILES string of the molecule is CC(C)(C)C1CN(C(=O)O)CCN1c1ncc(-n2cc(N)c(C(F)F)n2)cn1. The van der Waals surface area contributed by atoms with Crippen molar-refractivity contribution in [3.8, 4) is 5.69 Å². The molecular weight excluding hydrogens is 372 g/mol. The molecule has 2 aromatic heterocycles. The van der Waals surface area contributed by atoms with Crippen LogP contribution in [0.3, 0.4) is 0 Å². The summed E-state index contributed by atoms with van der Waals surface area (Å²) in [6, 6.07) is -0.117. The molecule has 1 saturated heterocycles. The van der Waals surface area contributed by atoms with Gasteiger partial charge in [-0.3, -0.25) is 0 Å². The van der Waals surface area contributed by atoms with Crippen LogP contribution in [-0.4, -0.2) is 61.5 Å². The van der Waals surface area contributed by atoms with Crippen molar-refractivity contribution in [3.63, 3.8) is 0 Å². The van der Waals surface area contributed by atoms with E-state index >= 15 is 0 Å². The molecule has 152 valence electrons. The smallest absolute Gasteiger partial charge is 0.407 e. The second-order valence-corrected chi connectivity index (χ2v) is 7.76. The second kappa shape index (κ2) is 7.21. The summed E-state index contributed by atoms with van der Waals surface area (Å²) in [6.07, 6.45) is 0.542. The van der Waals surface area contributed by atoms with Gasteiger partial charge in [0.2, 0.25) is 5.95 Å². The third-order valence-corrected chi connectivity index (χ3v) is 4.78. The number of anilines is 2. The predicted molar refractivity (Wildman–Crippen MR) is 98.7 cm³/mol. The molecule has 3 rings (SSSR count). The van der Waals surface area contributed by atoms with Crippen LogP contribution >= 0.6 is 0 Å². The molecule has 0 aromatic carbocycles. The van der Waals surface area contributed by atoms with Crippen molar-refractivity contribution in [1.82, 2.24) is 24.6 Å². The van der Waals surface area contributed by atoms with Crippen LogP contribution < -0.4 is 10.6 Å². The van der Waals surface area contributed by atoms with Crippen molar-refractivity contribution in [2.45, 2.75) is 33.2 Å². The van der Waals surface area contributed by atoms with Gasteiger partial charge in [-0.2, -0.15) is 5.10 Å². The number of nitrogen functional groups attached to an aromatic ring is 1. The zero-order chi connectivity index (χ0) is 20.6. The van der Waals surface area contributed by atoms with Gasteiger partial charge in [0.25, 0.3) is 6.43 Å². The molecule has 1 unspecified atom stereocenters. The Hall–Kier alpha value is -2.98. The lowest BCUT2D eigenvalue weighted by Gasteiger charge is -2.46. The van der Waals surface area contributed by atoms with E-state index in [1.807, 2.05) is 25.7 Å². The van der Waals surface area contributed by atoms with Crippen molar-refractivity contribution >= 4 is 17.7 Å². The van der Waals surface area contributed by atoms with Crippen LogP contribution in [0.2, 0.25) is 0 Å². The number of piperazine rings is 1. The maximum absolute atomic E-state index is 12.9. The Balaban J connectivity index is 1.85. The Bertz CT molecular complexity index is 848. The van der Waals surface area contributed by atoms with Crippen LogP contribution in [-0.2, 0) is 0 Å². The van der Waals surface area contributed by atoms with E-state index in [9.17, 15) is 18.7 Å². The molecule has 11 heteroatoms. The van der Waals surface area contributed by atoms with Crippen LogP contribution in [0.4, 0.5) is 25.2 Å². The molecule has 3 heterocycles. The van der Waals surface area contributed by atoms with E-state index in [2.05, 4.69) is 15.1 Å². The lowest BCUT2D eigenvalue weighted by molar-refractivity contribution is 0.118. The highest BCUT2D eigenvalue weighted by molar-refractivity contribution is 5.65. The molecule has 28 heavy (non-hydrogen) atoms. The minimum Gasteiger partial charge on any atom is -0.465 e. The summed E-state index contributed by atoms with van der Waals surface area (Å²) in [5.41, 5.74) is 5.17. The summed E-state index contributed by atoms with van der Waals surface area (Å²) in [5.74, 6) is 0.447. The molecule has 1 aliphatic heterocycles. The van der Waals surface area contributed by atoms with Gasteiger partial charge in [-0.05, 0) is 5.41 Å². The highest BCUT2D eigenvalue weighted by Crippen LogP contribution is 2.30. The summed E-state index contributed by atoms with van der Waals surface area (Å²) in [4.78, 5) is 23.4. The van der Waals surface area contributed by atoms with Gasteiger partial charge in [-0.1, -0.05) is 20.8 Å². The summed E-state index contributed by atoms with van der Waals surface area (Å²) < 4.78 is 26.9. The normalized spacial score (nSPS) is 18.0. The fourth-order valence-corrected chi connectivity index (χ4v) is 3.22. The van der Waals surface area contributed by atoms with Crippen LogP contribution in [0.5, 0.6) is 0 Å². The van der Waals surface area contributed by atoms with Crippen molar-refractivity contribution in [2.75, 3.05) is 30.3 Å².